The Kier molecular flexibility index (Phi) is 3.28. The molecular formula is C10H14O4. The smallest absolute Gasteiger partial charge is 0.310 e. The first-order valence-electron chi connectivity index (χ1n) is 4.63. The largest absolute Gasteiger partial charge is 0.481 e. The Morgan fingerprint density at radius 1 is 1.36 bits per heavy atom. The van der Waals surface area contributed by atoms with Crippen molar-refractivity contribution in [3.05, 3.63) is 12.2 Å². The first-order chi connectivity index (χ1) is 6.50. The van der Waals surface area contributed by atoms with Gasteiger partial charge in [-0.05, 0) is 18.3 Å². The Morgan fingerprint density at radius 2 is 2.00 bits per heavy atom. The van der Waals surface area contributed by atoms with E-state index in [1.165, 1.54) is 0 Å². The molecule has 78 valence electrons. The Morgan fingerprint density at radius 3 is 2.43 bits per heavy atom. The van der Waals surface area contributed by atoms with Crippen LogP contribution in [0.3, 0.4) is 0 Å². The van der Waals surface area contributed by atoms with Crippen molar-refractivity contribution in [2.45, 2.75) is 19.8 Å². The van der Waals surface area contributed by atoms with Gasteiger partial charge >= 0.3 is 11.9 Å². The van der Waals surface area contributed by atoms with Crippen LogP contribution in [0, 0.1) is 17.8 Å². The van der Waals surface area contributed by atoms with Gasteiger partial charge in [0.05, 0.1) is 12.3 Å². The van der Waals surface area contributed by atoms with Gasteiger partial charge in [0.1, 0.15) is 0 Å². The molecule has 0 saturated carbocycles. The van der Waals surface area contributed by atoms with Gasteiger partial charge in [-0.1, -0.05) is 19.1 Å². The Balaban J connectivity index is 2.62. The van der Waals surface area contributed by atoms with E-state index in [1.54, 1.807) is 12.2 Å². The van der Waals surface area contributed by atoms with E-state index in [1.807, 2.05) is 6.92 Å². The fourth-order valence-electron chi connectivity index (χ4n) is 1.87. The molecule has 2 N–H and O–H groups in total. The number of carboxylic acid groups (broad SMARTS) is 2. The minimum atomic E-state index is -0.833. The van der Waals surface area contributed by atoms with Gasteiger partial charge in [-0.15, -0.1) is 0 Å². The summed E-state index contributed by atoms with van der Waals surface area (Å²) in [6, 6.07) is 0. The van der Waals surface area contributed by atoms with Crippen LogP contribution in [-0.2, 0) is 9.59 Å². The van der Waals surface area contributed by atoms with Gasteiger partial charge in [-0.25, -0.2) is 0 Å². The summed E-state index contributed by atoms with van der Waals surface area (Å²) in [5, 5.41) is 17.4. The second-order valence-corrected chi connectivity index (χ2v) is 3.82. The van der Waals surface area contributed by atoms with Crippen molar-refractivity contribution in [2.75, 3.05) is 0 Å². The maximum absolute atomic E-state index is 10.7. The lowest BCUT2D eigenvalue weighted by atomic mass is 9.79. The van der Waals surface area contributed by atoms with Crippen molar-refractivity contribution in [1.82, 2.24) is 0 Å². The first kappa shape index (κ1) is 10.8. The van der Waals surface area contributed by atoms with Gasteiger partial charge in [0.15, 0.2) is 0 Å². The molecule has 3 unspecified atom stereocenters. The highest BCUT2D eigenvalue weighted by atomic mass is 16.4. The molecule has 4 nitrogen and oxygen atoms in total. The zero-order valence-corrected chi connectivity index (χ0v) is 8.01. The Hall–Kier alpha value is -1.32. The van der Waals surface area contributed by atoms with Crippen LogP contribution >= 0.6 is 0 Å². The van der Waals surface area contributed by atoms with Crippen molar-refractivity contribution < 1.29 is 19.8 Å². The first-order valence-corrected chi connectivity index (χ1v) is 4.63. The molecule has 0 heterocycles. The SMILES string of the molecule is CC1CC(CC(=O)O)C=CC1C(=O)O. The minimum Gasteiger partial charge on any atom is -0.481 e. The van der Waals surface area contributed by atoms with E-state index in [4.69, 9.17) is 10.2 Å². The standard InChI is InChI=1S/C10H14O4/c1-6-4-7(5-9(11)12)2-3-8(6)10(13)14/h2-3,6-8H,4-5H2,1H3,(H,11,12)(H,13,14). The van der Waals surface area contributed by atoms with E-state index in [2.05, 4.69) is 0 Å². The Labute approximate surface area is 82.2 Å². The highest BCUT2D eigenvalue weighted by Gasteiger charge is 2.28. The fraction of sp³-hybridized carbons (Fsp3) is 0.600. The van der Waals surface area contributed by atoms with Crippen LogP contribution in [0.2, 0.25) is 0 Å². The maximum atomic E-state index is 10.7. The second-order valence-electron chi connectivity index (χ2n) is 3.82. The molecule has 0 bridgehead atoms. The van der Waals surface area contributed by atoms with Crippen LogP contribution in [0.1, 0.15) is 19.8 Å². The lowest BCUT2D eigenvalue weighted by Crippen LogP contribution is -2.25. The van der Waals surface area contributed by atoms with Crippen LogP contribution in [0.5, 0.6) is 0 Å². The summed E-state index contributed by atoms with van der Waals surface area (Å²) in [6.45, 7) is 1.84. The predicted molar refractivity (Wildman–Crippen MR) is 49.8 cm³/mol. The van der Waals surface area contributed by atoms with Gasteiger partial charge in [0, 0.05) is 0 Å². The number of carbonyl (C=O) groups is 2. The summed E-state index contributed by atoms with van der Waals surface area (Å²) in [6.07, 6.45) is 4.06. The fourth-order valence-corrected chi connectivity index (χ4v) is 1.87. The van der Waals surface area contributed by atoms with E-state index in [0.717, 1.165) is 0 Å². The summed E-state index contributed by atoms with van der Waals surface area (Å²) in [4.78, 5) is 21.2. The van der Waals surface area contributed by atoms with Gasteiger partial charge < -0.3 is 10.2 Å². The third-order valence-corrected chi connectivity index (χ3v) is 2.60. The van der Waals surface area contributed by atoms with Gasteiger partial charge in [0.2, 0.25) is 0 Å². The van der Waals surface area contributed by atoms with Crippen LogP contribution in [0.15, 0.2) is 12.2 Å². The van der Waals surface area contributed by atoms with Crippen LogP contribution < -0.4 is 0 Å². The van der Waals surface area contributed by atoms with Crippen LogP contribution in [-0.4, -0.2) is 22.2 Å². The maximum Gasteiger partial charge on any atom is 0.310 e. The highest BCUT2D eigenvalue weighted by molar-refractivity contribution is 5.73. The Bertz CT molecular complexity index is 269. The molecule has 1 rings (SSSR count). The molecule has 0 aromatic rings. The predicted octanol–water partition coefficient (Wildman–Crippen LogP) is 1.37. The molecule has 0 aromatic carbocycles. The molecule has 4 heteroatoms. The molecule has 0 spiro atoms. The summed E-state index contributed by atoms with van der Waals surface area (Å²) in [5.41, 5.74) is 0. The molecule has 0 aliphatic heterocycles. The van der Waals surface area contributed by atoms with Crippen molar-refractivity contribution in [1.29, 1.82) is 0 Å². The number of allylic oxidation sites excluding steroid dienone is 1. The molecule has 0 amide bonds. The summed E-state index contributed by atoms with van der Waals surface area (Å²) in [5.74, 6) is -2.12. The van der Waals surface area contributed by atoms with Crippen molar-refractivity contribution in [3.8, 4) is 0 Å². The summed E-state index contributed by atoms with van der Waals surface area (Å²) < 4.78 is 0. The third kappa shape index (κ3) is 2.58. The number of aliphatic carboxylic acids is 2. The zero-order valence-electron chi connectivity index (χ0n) is 8.01. The average molecular weight is 198 g/mol. The zero-order chi connectivity index (χ0) is 10.7. The van der Waals surface area contributed by atoms with E-state index < -0.39 is 17.9 Å². The van der Waals surface area contributed by atoms with Gasteiger partial charge in [-0.3, -0.25) is 9.59 Å². The summed E-state index contributed by atoms with van der Waals surface area (Å²) >= 11 is 0. The van der Waals surface area contributed by atoms with Crippen molar-refractivity contribution in [2.24, 2.45) is 17.8 Å². The number of rotatable bonds is 3. The molecule has 0 fully saturated rings. The van der Waals surface area contributed by atoms with E-state index in [-0.39, 0.29) is 18.3 Å². The van der Waals surface area contributed by atoms with E-state index >= 15 is 0 Å². The van der Waals surface area contributed by atoms with Crippen LogP contribution in [0.25, 0.3) is 0 Å². The lowest BCUT2D eigenvalue weighted by molar-refractivity contribution is -0.141. The quantitative estimate of drug-likeness (QED) is 0.672. The lowest BCUT2D eigenvalue weighted by Gasteiger charge is -2.25. The van der Waals surface area contributed by atoms with Gasteiger partial charge in [-0.2, -0.15) is 0 Å². The van der Waals surface area contributed by atoms with E-state index in [9.17, 15) is 9.59 Å². The van der Waals surface area contributed by atoms with Crippen molar-refractivity contribution >= 4 is 11.9 Å². The normalized spacial score (nSPS) is 31.4. The van der Waals surface area contributed by atoms with Crippen LogP contribution in [0.4, 0.5) is 0 Å². The number of carboxylic acids is 2. The molecule has 0 radical (unpaired) electrons. The summed E-state index contributed by atoms with van der Waals surface area (Å²) in [7, 11) is 0. The number of hydrogen-bond donors (Lipinski definition) is 2. The third-order valence-electron chi connectivity index (χ3n) is 2.60. The molecular weight excluding hydrogens is 184 g/mol. The molecule has 3 atom stereocenters. The number of hydrogen-bond acceptors (Lipinski definition) is 2. The molecule has 14 heavy (non-hydrogen) atoms. The van der Waals surface area contributed by atoms with Crippen molar-refractivity contribution in [3.63, 3.8) is 0 Å². The monoisotopic (exact) mass is 198 g/mol. The minimum absolute atomic E-state index is 0.0156. The van der Waals surface area contributed by atoms with E-state index in [0.29, 0.717) is 6.42 Å². The molecule has 0 aromatic heterocycles. The topological polar surface area (TPSA) is 74.6 Å². The average Bonchev–Trinajstić information content (AvgIpc) is 2.01. The second kappa shape index (κ2) is 4.26. The highest BCUT2D eigenvalue weighted by Crippen LogP contribution is 2.29. The molecule has 1 aliphatic carbocycles. The van der Waals surface area contributed by atoms with Gasteiger partial charge in [0.25, 0.3) is 0 Å². The molecule has 1 aliphatic rings. The molecule has 0 saturated heterocycles.